The van der Waals surface area contributed by atoms with Crippen molar-refractivity contribution in [3.05, 3.63) is 28.0 Å². The number of methoxy groups -OCH3 is 1. The number of carbonyl (C=O) groups is 1. The van der Waals surface area contributed by atoms with Gasteiger partial charge in [-0.15, -0.1) is 0 Å². The summed E-state index contributed by atoms with van der Waals surface area (Å²) >= 11 is 5.63. The second kappa shape index (κ2) is 4.39. The molecule has 0 atom stereocenters. The number of ether oxygens (including phenoxy) is 1. The number of aliphatic hydroxyl groups excluding tert-OH is 1. The van der Waals surface area contributed by atoms with E-state index in [0.717, 1.165) is 0 Å². The van der Waals surface area contributed by atoms with E-state index in [1.54, 1.807) is 0 Å². The first kappa shape index (κ1) is 10.9. The molecule has 0 radical (unpaired) electrons. The molecule has 1 N–H and O–H groups in total. The number of aldehydes is 1. The molecule has 0 saturated carbocycles. The topological polar surface area (TPSA) is 46.5 Å². The van der Waals surface area contributed by atoms with E-state index in [-0.39, 0.29) is 21.9 Å². The van der Waals surface area contributed by atoms with E-state index in [2.05, 4.69) is 4.74 Å². The Morgan fingerprint density at radius 3 is 2.79 bits per heavy atom. The first-order valence-electron chi connectivity index (χ1n) is 3.76. The van der Waals surface area contributed by atoms with Crippen LogP contribution >= 0.6 is 11.6 Å². The van der Waals surface area contributed by atoms with Crippen molar-refractivity contribution in [1.82, 2.24) is 0 Å². The van der Waals surface area contributed by atoms with Crippen molar-refractivity contribution in [2.24, 2.45) is 0 Å². The molecule has 1 aromatic carbocycles. The third-order valence-corrected chi connectivity index (χ3v) is 2.12. The minimum atomic E-state index is -0.801. The molecule has 0 heterocycles. The fourth-order valence-corrected chi connectivity index (χ4v) is 1.36. The third kappa shape index (κ3) is 1.71. The monoisotopic (exact) mass is 218 g/mol. The van der Waals surface area contributed by atoms with E-state index in [4.69, 9.17) is 16.7 Å². The van der Waals surface area contributed by atoms with Crippen LogP contribution in [0.15, 0.2) is 6.07 Å². The van der Waals surface area contributed by atoms with Gasteiger partial charge in [0.15, 0.2) is 17.9 Å². The SMILES string of the molecule is COc1c(C=O)cc(Cl)c(CO)c1F. The van der Waals surface area contributed by atoms with Crippen molar-refractivity contribution in [2.45, 2.75) is 6.61 Å². The second-order valence-corrected chi connectivity index (χ2v) is 2.96. The van der Waals surface area contributed by atoms with Gasteiger partial charge < -0.3 is 9.84 Å². The molecule has 1 aromatic rings. The van der Waals surface area contributed by atoms with Gasteiger partial charge in [0.05, 0.1) is 19.3 Å². The summed E-state index contributed by atoms with van der Waals surface area (Å²) in [5.41, 5.74) is -0.0543. The Labute approximate surface area is 85.1 Å². The van der Waals surface area contributed by atoms with Gasteiger partial charge in [0.25, 0.3) is 0 Å². The molecule has 0 aliphatic heterocycles. The van der Waals surface area contributed by atoms with Crippen LogP contribution < -0.4 is 4.74 Å². The lowest BCUT2D eigenvalue weighted by Gasteiger charge is -2.09. The number of hydrogen-bond acceptors (Lipinski definition) is 3. The van der Waals surface area contributed by atoms with E-state index >= 15 is 0 Å². The molecule has 0 aromatic heterocycles. The van der Waals surface area contributed by atoms with Gasteiger partial charge in [0.2, 0.25) is 0 Å². The zero-order valence-electron chi connectivity index (χ0n) is 7.38. The van der Waals surface area contributed by atoms with Crippen molar-refractivity contribution in [3.8, 4) is 5.75 Å². The lowest BCUT2D eigenvalue weighted by molar-refractivity contribution is 0.111. The molecular weight excluding hydrogens is 211 g/mol. The van der Waals surface area contributed by atoms with Crippen LogP contribution in [0.25, 0.3) is 0 Å². The Kier molecular flexibility index (Phi) is 3.43. The van der Waals surface area contributed by atoms with Crippen molar-refractivity contribution in [3.63, 3.8) is 0 Å². The van der Waals surface area contributed by atoms with Crippen molar-refractivity contribution in [2.75, 3.05) is 7.11 Å². The summed E-state index contributed by atoms with van der Waals surface area (Å²) in [6.07, 6.45) is 0.439. The second-order valence-electron chi connectivity index (χ2n) is 2.55. The Bertz CT molecular complexity index is 366. The Balaban J connectivity index is 3.46. The van der Waals surface area contributed by atoms with Gasteiger partial charge in [-0.25, -0.2) is 4.39 Å². The Morgan fingerprint density at radius 2 is 2.36 bits per heavy atom. The predicted molar refractivity (Wildman–Crippen MR) is 49.3 cm³/mol. The van der Waals surface area contributed by atoms with Gasteiger partial charge in [0.1, 0.15) is 0 Å². The highest BCUT2D eigenvalue weighted by Crippen LogP contribution is 2.30. The highest BCUT2D eigenvalue weighted by Gasteiger charge is 2.16. The Hall–Kier alpha value is -1.13. The summed E-state index contributed by atoms with van der Waals surface area (Å²) in [7, 11) is 1.24. The zero-order chi connectivity index (χ0) is 10.7. The van der Waals surface area contributed by atoms with Gasteiger partial charge in [-0.05, 0) is 6.07 Å². The molecule has 0 spiro atoms. The largest absolute Gasteiger partial charge is 0.493 e. The van der Waals surface area contributed by atoms with E-state index in [1.807, 2.05) is 0 Å². The summed E-state index contributed by atoms with van der Waals surface area (Å²) in [4.78, 5) is 10.5. The van der Waals surface area contributed by atoms with Crippen LogP contribution in [0.4, 0.5) is 4.39 Å². The fraction of sp³-hybridized carbons (Fsp3) is 0.222. The number of halogens is 2. The molecule has 0 amide bonds. The lowest BCUT2D eigenvalue weighted by atomic mass is 10.1. The number of aliphatic hydroxyl groups is 1. The summed E-state index contributed by atoms with van der Waals surface area (Å²) in [5.74, 6) is -1.00. The Morgan fingerprint density at radius 1 is 1.71 bits per heavy atom. The van der Waals surface area contributed by atoms with Gasteiger partial charge in [-0.2, -0.15) is 0 Å². The molecule has 0 saturated heterocycles. The van der Waals surface area contributed by atoms with Crippen LogP contribution in [-0.2, 0) is 6.61 Å². The number of hydrogen-bond donors (Lipinski definition) is 1. The number of benzene rings is 1. The molecule has 0 fully saturated rings. The maximum absolute atomic E-state index is 13.5. The van der Waals surface area contributed by atoms with Crippen LogP contribution in [-0.4, -0.2) is 18.5 Å². The summed E-state index contributed by atoms with van der Waals surface area (Å²) in [6.45, 7) is -0.542. The molecule has 0 bridgehead atoms. The summed E-state index contributed by atoms with van der Waals surface area (Å²) in [5, 5.41) is 8.82. The van der Waals surface area contributed by atoms with Crippen LogP contribution in [0, 0.1) is 5.82 Å². The molecule has 1 rings (SSSR count). The van der Waals surface area contributed by atoms with Gasteiger partial charge >= 0.3 is 0 Å². The van der Waals surface area contributed by atoms with Crippen LogP contribution in [0.1, 0.15) is 15.9 Å². The van der Waals surface area contributed by atoms with Crippen molar-refractivity contribution >= 4 is 17.9 Å². The smallest absolute Gasteiger partial charge is 0.172 e. The van der Waals surface area contributed by atoms with Gasteiger partial charge in [-0.3, -0.25) is 4.79 Å². The minimum Gasteiger partial charge on any atom is -0.493 e. The fourth-order valence-electron chi connectivity index (χ4n) is 1.10. The van der Waals surface area contributed by atoms with E-state index < -0.39 is 12.4 Å². The van der Waals surface area contributed by atoms with Crippen molar-refractivity contribution in [1.29, 1.82) is 0 Å². The molecule has 0 unspecified atom stereocenters. The standard InChI is InChI=1S/C9H8ClFO3/c1-14-9-5(3-12)2-7(10)6(4-13)8(9)11/h2-3,13H,4H2,1H3. The molecule has 3 nitrogen and oxygen atoms in total. The normalized spacial score (nSPS) is 10.0. The summed E-state index contributed by atoms with van der Waals surface area (Å²) in [6, 6.07) is 1.25. The molecule has 0 aliphatic carbocycles. The zero-order valence-corrected chi connectivity index (χ0v) is 8.14. The molecule has 0 aliphatic rings. The molecular formula is C9H8ClFO3. The quantitative estimate of drug-likeness (QED) is 0.787. The predicted octanol–water partition coefficient (Wildman–Crippen LogP) is 1.79. The third-order valence-electron chi connectivity index (χ3n) is 1.79. The van der Waals surface area contributed by atoms with Crippen LogP contribution in [0.5, 0.6) is 5.75 Å². The highest BCUT2D eigenvalue weighted by atomic mass is 35.5. The van der Waals surface area contributed by atoms with E-state index in [9.17, 15) is 9.18 Å². The first-order valence-corrected chi connectivity index (χ1v) is 4.14. The minimum absolute atomic E-state index is 0.00731. The maximum atomic E-state index is 13.5. The van der Waals surface area contributed by atoms with E-state index in [0.29, 0.717) is 6.29 Å². The lowest BCUT2D eigenvalue weighted by Crippen LogP contribution is -2.00. The average Bonchev–Trinajstić information content (AvgIpc) is 2.17. The van der Waals surface area contributed by atoms with Gasteiger partial charge in [0, 0.05) is 10.6 Å². The highest BCUT2D eigenvalue weighted by molar-refractivity contribution is 6.31. The van der Waals surface area contributed by atoms with Crippen LogP contribution in [0.2, 0.25) is 5.02 Å². The molecule has 5 heteroatoms. The molecule has 14 heavy (non-hydrogen) atoms. The number of carbonyl (C=O) groups excluding carboxylic acids is 1. The van der Waals surface area contributed by atoms with Crippen LogP contribution in [0.3, 0.4) is 0 Å². The van der Waals surface area contributed by atoms with E-state index in [1.165, 1.54) is 13.2 Å². The van der Waals surface area contributed by atoms with Gasteiger partial charge in [-0.1, -0.05) is 11.6 Å². The molecule has 76 valence electrons. The maximum Gasteiger partial charge on any atom is 0.172 e. The average molecular weight is 219 g/mol. The summed E-state index contributed by atoms with van der Waals surface area (Å²) < 4.78 is 18.1. The number of rotatable bonds is 3. The first-order chi connectivity index (χ1) is 6.65. The van der Waals surface area contributed by atoms with Crippen molar-refractivity contribution < 1.29 is 19.0 Å².